The molecule has 0 aliphatic carbocycles. The molecule has 2 N–H and O–H groups in total. The first-order valence-electron chi connectivity index (χ1n) is 4.87. The summed E-state index contributed by atoms with van der Waals surface area (Å²) in [4.78, 5) is 11.3. The van der Waals surface area contributed by atoms with E-state index in [9.17, 15) is 4.79 Å². The fraction of sp³-hybridized carbons (Fsp3) is 0.500. The first kappa shape index (κ1) is 12.2. The van der Waals surface area contributed by atoms with E-state index in [2.05, 4.69) is 10.4 Å². The molecule has 6 nitrogen and oxygen atoms in total. The van der Waals surface area contributed by atoms with Gasteiger partial charge in [-0.3, -0.25) is 9.48 Å². The molecule has 0 unspecified atom stereocenters. The number of nitriles is 1. The quantitative estimate of drug-likeness (QED) is 0.680. The molecule has 0 atom stereocenters. The Balaban J connectivity index is 2.75. The molecule has 0 aliphatic rings. The maximum absolute atomic E-state index is 11.3. The van der Waals surface area contributed by atoms with Crippen molar-refractivity contribution in [2.45, 2.75) is 27.0 Å². The summed E-state index contributed by atoms with van der Waals surface area (Å²) in [6.45, 7) is 3.54. The zero-order chi connectivity index (χ0) is 12.1. The first-order chi connectivity index (χ1) is 7.60. The van der Waals surface area contributed by atoms with Gasteiger partial charge in [-0.25, -0.2) is 0 Å². The molecule has 0 aliphatic heterocycles. The smallest absolute Gasteiger partial charge is 0.242 e. The summed E-state index contributed by atoms with van der Waals surface area (Å²) < 4.78 is 1.52. The summed E-state index contributed by atoms with van der Waals surface area (Å²) in [7, 11) is 0. The molecule has 0 saturated heterocycles. The van der Waals surface area contributed by atoms with Gasteiger partial charge < -0.3 is 10.4 Å². The monoisotopic (exact) mass is 222 g/mol. The molecule has 0 fully saturated rings. The van der Waals surface area contributed by atoms with Crippen molar-refractivity contribution in [2.75, 3.05) is 6.54 Å². The zero-order valence-corrected chi connectivity index (χ0v) is 9.32. The van der Waals surface area contributed by atoms with Gasteiger partial charge in [-0.05, 0) is 13.8 Å². The maximum Gasteiger partial charge on any atom is 0.242 e. The Morgan fingerprint density at radius 2 is 2.31 bits per heavy atom. The standard InChI is InChI=1S/C10H14N4O2/c1-7-9(6-15)8(2)14(13-7)5-10(16)12-4-3-11/h15H,4-6H2,1-2H3,(H,12,16). The van der Waals surface area contributed by atoms with Crippen LogP contribution in [0.25, 0.3) is 0 Å². The Bertz CT molecular complexity index is 431. The van der Waals surface area contributed by atoms with Gasteiger partial charge in [0.15, 0.2) is 0 Å². The number of carbonyl (C=O) groups excluding carboxylic acids is 1. The van der Waals surface area contributed by atoms with E-state index < -0.39 is 0 Å². The van der Waals surface area contributed by atoms with Crippen LogP contribution in [0, 0.1) is 25.2 Å². The lowest BCUT2D eigenvalue weighted by Gasteiger charge is -2.04. The van der Waals surface area contributed by atoms with Crippen molar-refractivity contribution < 1.29 is 9.90 Å². The zero-order valence-electron chi connectivity index (χ0n) is 9.32. The van der Waals surface area contributed by atoms with Gasteiger partial charge in [0.05, 0.1) is 18.4 Å². The van der Waals surface area contributed by atoms with E-state index in [4.69, 9.17) is 10.4 Å². The third-order valence-electron chi connectivity index (χ3n) is 2.35. The number of aliphatic hydroxyl groups excluding tert-OH is 1. The predicted octanol–water partition coefficient (Wildman–Crippen LogP) is -0.368. The summed E-state index contributed by atoms with van der Waals surface area (Å²) in [5, 5.41) is 24.0. The number of hydrogen-bond acceptors (Lipinski definition) is 4. The summed E-state index contributed by atoms with van der Waals surface area (Å²) in [6.07, 6.45) is 0. The predicted molar refractivity (Wildman–Crippen MR) is 56.2 cm³/mol. The van der Waals surface area contributed by atoms with Gasteiger partial charge in [0.25, 0.3) is 0 Å². The average molecular weight is 222 g/mol. The minimum atomic E-state index is -0.267. The van der Waals surface area contributed by atoms with Crippen molar-refractivity contribution in [3.63, 3.8) is 0 Å². The van der Waals surface area contributed by atoms with Crippen LogP contribution in [0.5, 0.6) is 0 Å². The number of amides is 1. The van der Waals surface area contributed by atoms with Crippen molar-refractivity contribution >= 4 is 5.91 Å². The van der Waals surface area contributed by atoms with Gasteiger partial charge in [0, 0.05) is 11.3 Å². The van der Waals surface area contributed by atoms with Crippen LogP contribution in [-0.4, -0.2) is 27.3 Å². The summed E-state index contributed by atoms with van der Waals surface area (Å²) in [5.41, 5.74) is 2.23. The largest absolute Gasteiger partial charge is 0.392 e. The molecule has 1 aromatic heterocycles. The van der Waals surface area contributed by atoms with E-state index in [0.29, 0.717) is 5.69 Å². The number of aryl methyl sites for hydroxylation is 1. The number of nitrogens with zero attached hydrogens (tertiary/aromatic N) is 3. The number of aliphatic hydroxyl groups is 1. The molecule has 1 heterocycles. The number of aromatic nitrogens is 2. The van der Waals surface area contributed by atoms with E-state index in [1.807, 2.05) is 6.07 Å². The van der Waals surface area contributed by atoms with Crippen molar-refractivity contribution in [2.24, 2.45) is 0 Å². The molecular weight excluding hydrogens is 208 g/mol. The molecule has 6 heteroatoms. The fourth-order valence-corrected chi connectivity index (χ4v) is 1.45. The first-order valence-corrected chi connectivity index (χ1v) is 4.87. The molecule has 0 saturated carbocycles. The Kier molecular flexibility index (Phi) is 4.03. The molecule has 1 aromatic rings. The second kappa shape index (κ2) is 5.28. The topological polar surface area (TPSA) is 90.9 Å². The van der Waals surface area contributed by atoms with Gasteiger partial charge in [-0.2, -0.15) is 10.4 Å². The second-order valence-corrected chi connectivity index (χ2v) is 3.40. The minimum Gasteiger partial charge on any atom is -0.392 e. The van der Waals surface area contributed by atoms with Gasteiger partial charge in [-0.15, -0.1) is 0 Å². The number of carbonyl (C=O) groups is 1. The Hall–Kier alpha value is -1.87. The number of hydrogen-bond donors (Lipinski definition) is 2. The summed E-state index contributed by atoms with van der Waals surface area (Å²) in [5.74, 6) is -0.267. The maximum atomic E-state index is 11.3. The van der Waals surface area contributed by atoms with Crippen molar-refractivity contribution in [1.29, 1.82) is 5.26 Å². The van der Waals surface area contributed by atoms with Crippen molar-refractivity contribution in [1.82, 2.24) is 15.1 Å². The van der Waals surface area contributed by atoms with Crippen LogP contribution < -0.4 is 5.32 Å². The highest BCUT2D eigenvalue weighted by Gasteiger charge is 2.12. The lowest BCUT2D eigenvalue weighted by Crippen LogP contribution is -2.28. The van der Waals surface area contributed by atoms with E-state index in [1.54, 1.807) is 13.8 Å². The third-order valence-corrected chi connectivity index (χ3v) is 2.35. The van der Waals surface area contributed by atoms with Crippen LogP contribution in [-0.2, 0) is 17.9 Å². The Morgan fingerprint density at radius 3 is 2.81 bits per heavy atom. The van der Waals surface area contributed by atoms with Crippen LogP contribution >= 0.6 is 0 Å². The molecular formula is C10H14N4O2. The van der Waals surface area contributed by atoms with E-state index in [1.165, 1.54) is 4.68 Å². The van der Waals surface area contributed by atoms with Crippen LogP contribution in [0.15, 0.2) is 0 Å². The Morgan fingerprint density at radius 1 is 1.62 bits per heavy atom. The molecule has 0 radical (unpaired) electrons. The Labute approximate surface area is 93.5 Å². The lowest BCUT2D eigenvalue weighted by molar-refractivity contribution is -0.121. The van der Waals surface area contributed by atoms with Crippen LogP contribution in [0.1, 0.15) is 17.0 Å². The van der Waals surface area contributed by atoms with Gasteiger partial charge >= 0.3 is 0 Å². The molecule has 0 spiro atoms. The summed E-state index contributed by atoms with van der Waals surface area (Å²) in [6, 6.07) is 1.83. The van der Waals surface area contributed by atoms with Crippen LogP contribution in [0.4, 0.5) is 0 Å². The average Bonchev–Trinajstić information content (AvgIpc) is 2.51. The SMILES string of the molecule is Cc1nn(CC(=O)NCC#N)c(C)c1CO. The molecule has 86 valence electrons. The molecule has 0 aromatic carbocycles. The van der Waals surface area contributed by atoms with Crippen molar-refractivity contribution in [3.05, 3.63) is 17.0 Å². The minimum absolute atomic E-state index is 0.00894. The normalized spacial score (nSPS) is 9.88. The van der Waals surface area contributed by atoms with Crippen molar-refractivity contribution in [3.8, 4) is 6.07 Å². The van der Waals surface area contributed by atoms with Crippen LogP contribution in [0.3, 0.4) is 0 Å². The molecule has 16 heavy (non-hydrogen) atoms. The van der Waals surface area contributed by atoms with Gasteiger partial charge in [0.1, 0.15) is 13.1 Å². The molecule has 0 bridgehead atoms. The lowest BCUT2D eigenvalue weighted by atomic mass is 10.2. The van der Waals surface area contributed by atoms with E-state index in [0.717, 1.165) is 11.3 Å². The molecule has 1 rings (SSSR count). The van der Waals surface area contributed by atoms with Crippen LogP contribution in [0.2, 0.25) is 0 Å². The highest BCUT2D eigenvalue weighted by Crippen LogP contribution is 2.12. The number of nitrogens with one attached hydrogen (secondary N) is 1. The fourth-order valence-electron chi connectivity index (χ4n) is 1.45. The summed E-state index contributed by atoms with van der Waals surface area (Å²) >= 11 is 0. The number of rotatable bonds is 4. The molecule has 1 amide bonds. The van der Waals surface area contributed by atoms with E-state index >= 15 is 0 Å². The van der Waals surface area contributed by atoms with E-state index in [-0.39, 0.29) is 25.6 Å². The van der Waals surface area contributed by atoms with Gasteiger partial charge in [0.2, 0.25) is 5.91 Å². The third kappa shape index (κ3) is 2.58. The highest BCUT2D eigenvalue weighted by molar-refractivity contribution is 5.75. The second-order valence-electron chi connectivity index (χ2n) is 3.40. The highest BCUT2D eigenvalue weighted by atomic mass is 16.3. The van der Waals surface area contributed by atoms with Gasteiger partial charge in [-0.1, -0.05) is 0 Å².